The van der Waals surface area contributed by atoms with E-state index in [0.717, 1.165) is 0 Å². The molecular formula is C13H15ClN4O2. The zero-order chi connectivity index (χ0) is 14.8. The number of halogens is 1. The van der Waals surface area contributed by atoms with Crippen molar-refractivity contribution in [3.63, 3.8) is 0 Å². The van der Waals surface area contributed by atoms with Crippen molar-refractivity contribution < 1.29 is 9.53 Å². The van der Waals surface area contributed by atoms with E-state index in [9.17, 15) is 4.79 Å². The number of aromatic nitrogens is 3. The van der Waals surface area contributed by atoms with Gasteiger partial charge < -0.3 is 4.74 Å². The van der Waals surface area contributed by atoms with Crippen LogP contribution in [0.5, 0.6) is 5.75 Å². The van der Waals surface area contributed by atoms with Gasteiger partial charge in [0.25, 0.3) is 5.91 Å². The second kappa shape index (κ2) is 5.50. The van der Waals surface area contributed by atoms with Crippen molar-refractivity contribution in [2.75, 3.05) is 5.32 Å². The Bertz CT molecular complexity index is 607. The van der Waals surface area contributed by atoms with E-state index in [1.807, 2.05) is 0 Å². The van der Waals surface area contributed by atoms with Gasteiger partial charge in [-0.2, -0.15) is 4.98 Å². The second-order valence-corrected chi connectivity index (χ2v) is 5.20. The van der Waals surface area contributed by atoms with Gasteiger partial charge >= 0.3 is 0 Å². The first kappa shape index (κ1) is 14.3. The van der Waals surface area contributed by atoms with Gasteiger partial charge in [0.05, 0.1) is 0 Å². The molecule has 6 nitrogen and oxygen atoms in total. The van der Waals surface area contributed by atoms with Crippen molar-refractivity contribution in [2.24, 2.45) is 0 Å². The fourth-order valence-electron chi connectivity index (χ4n) is 1.49. The molecule has 0 aliphatic carbocycles. The number of nitrogens with one attached hydrogen (secondary N) is 2. The van der Waals surface area contributed by atoms with Gasteiger partial charge in [0.1, 0.15) is 11.6 Å². The third-order valence-corrected chi connectivity index (χ3v) is 2.81. The highest BCUT2D eigenvalue weighted by Crippen LogP contribution is 2.21. The molecule has 106 valence electrons. The molecule has 2 rings (SSSR count). The second-order valence-electron chi connectivity index (χ2n) is 4.76. The molecule has 2 N–H and O–H groups in total. The lowest BCUT2D eigenvalue weighted by Gasteiger charge is -2.24. The molecule has 0 aliphatic rings. The maximum Gasteiger partial charge on any atom is 0.270 e. The predicted octanol–water partition coefficient (Wildman–Crippen LogP) is 2.56. The van der Waals surface area contributed by atoms with Crippen LogP contribution in [0.3, 0.4) is 0 Å². The molecule has 0 fully saturated rings. The summed E-state index contributed by atoms with van der Waals surface area (Å²) in [7, 11) is 0. The Morgan fingerprint density at radius 3 is 2.55 bits per heavy atom. The van der Waals surface area contributed by atoms with Crippen molar-refractivity contribution in [2.45, 2.75) is 26.4 Å². The third kappa shape index (κ3) is 3.48. The summed E-state index contributed by atoms with van der Waals surface area (Å²) in [4.78, 5) is 16.2. The maximum absolute atomic E-state index is 12.2. The van der Waals surface area contributed by atoms with Crippen LogP contribution >= 0.6 is 11.6 Å². The Labute approximate surface area is 121 Å². The van der Waals surface area contributed by atoms with Crippen molar-refractivity contribution in [1.29, 1.82) is 0 Å². The number of hydrogen-bond donors (Lipinski definition) is 2. The number of nitrogens with zero attached hydrogens (tertiary/aromatic N) is 2. The number of rotatable bonds is 4. The zero-order valence-electron chi connectivity index (χ0n) is 11.4. The standard InChI is InChI=1S/C13H15ClN4O2/c1-8-15-12(18-17-8)16-11(19)13(2,3)20-10-6-4-9(14)5-7-10/h4-7H,1-3H3,(H2,15,16,17,18,19). The van der Waals surface area contributed by atoms with E-state index in [4.69, 9.17) is 16.3 Å². The lowest BCUT2D eigenvalue weighted by molar-refractivity contribution is -0.128. The zero-order valence-corrected chi connectivity index (χ0v) is 12.2. The van der Waals surface area contributed by atoms with Gasteiger partial charge in [0.15, 0.2) is 5.60 Å². The molecule has 0 unspecified atom stereocenters. The summed E-state index contributed by atoms with van der Waals surface area (Å²) in [6.07, 6.45) is 0. The monoisotopic (exact) mass is 294 g/mol. The van der Waals surface area contributed by atoms with Gasteiger partial charge in [0.2, 0.25) is 5.95 Å². The Kier molecular flexibility index (Phi) is 3.94. The van der Waals surface area contributed by atoms with Crippen molar-refractivity contribution in [3.05, 3.63) is 35.1 Å². The summed E-state index contributed by atoms with van der Waals surface area (Å²) in [6.45, 7) is 5.07. The molecule has 0 saturated carbocycles. The van der Waals surface area contributed by atoms with Gasteiger partial charge in [-0.1, -0.05) is 11.6 Å². The van der Waals surface area contributed by atoms with Gasteiger partial charge in [-0.25, -0.2) is 0 Å². The number of carbonyl (C=O) groups is 1. The summed E-state index contributed by atoms with van der Waals surface area (Å²) in [6, 6.07) is 6.80. The summed E-state index contributed by atoms with van der Waals surface area (Å²) in [5, 5.41) is 9.70. The minimum absolute atomic E-state index is 0.222. The number of ether oxygens (including phenoxy) is 1. The van der Waals surface area contributed by atoms with Crippen LogP contribution in [-0.2, 0) is 4.79 Å². The molecular weight excluding hydrogens is 280 g/mol. The van der Waals surface area contributed by atoms with E-state index in [2.05, 4.69) is 20.5 Å². The van der Waals surface area contributed by atoms with E-state index in [0.29, 0.717) is 16.6 Å². The topological polar surface area (TPSA) is 79.9 Å². The van der Waals surface area contributed by atoms with E-state index in [1.54, 1.807) is 45.0 Å². The summed E-state index contributed by atoms with van der Waals surface area (Å²) in [5.41, 5.74) is -1.07. The fourth-order valence-corrected chi connectivity index (χ4v) is 1.62. The first-order chi connectivity index (χ1) is 9.37. The number of hydrogen-bond acceptors (Lipinski definition) is 4. The molecule has 1 aromatic heterocycles. The molecule has 0 bridgehead atoms. The SMILES string of the molecule is Cc1nc(NC(=O)C(C)(C)Oc2ccc(Cl)cc2)n[nH]1. The molecule has 0 spiro atoms. The van der Waals surface area contributed by atoms with E-state index in [1.165, 1.54) is 0 Å². The molecule has 2 aromatic rings. The quantitative estimate of drug-likeness (QED) is 0.908. The van der Waals surface area contributed by atoms with Crippen molar-refractivity contribution in [1.82, 2.24) is 15.2 Å². The van der Waals surface area contributed by atoms with Crippen LogP contribution in [0.1, 0.15) is 19.7 Å². The van der Waals surface area contributed by atoms with Gasteiger partial charge in [-0.05, 0) is 45.0 Å². The van der Waals surface area contributed by atoms with Crippen LogP contribution in [0.4, 0.5) is 5.95 Å². The van der Waals surface area contributed by atoms with Crippen LogP contribution in [-0.4, -0.2) is 26.7 Å². The highest BCUT2D eigenvalue weighted by Gasteiger charge is 2.30. The first-order valence-corrected chi connectivity index (χ1v) is 6.40. The summed E-state index contributed by atoms with van der Waals surface area (Å²) in [5.74, 6) is 1.06. The molecule has 1 aromatic carbocycles. The Morgan fingerprint density at radius 1 is 1.35 bits per heavy atom. The van der Waals surface area contributed by atoms with Crippen molar-refractivity contribution >= 4 is 23.5 Å². The van der Waals surface area contributed by atoms with Crippen LogP contribution < -0.4 is 10.1 Å². The van der Waals surface area contributed by atoms with Crippen LogP contribution in [0.15, 0.2) is 24.3 Å². The Morgan fingerprint density at radius 2 is 2.00 bits per heavy atom. The Hall–Kier alpha value is -2.08. The van der Waals surface area contributed by atoms with Gasteiger partial charge in [-0.3, -0.25) is 15.2 Å². The number of anilines is 1. The normalized spacial score (nSPS) is 11.2. The largest absolute Gasteiger partial charge is 0.478 e. The summed E-state index contributed by atoms with van der Waals surface area (Å²) < 4.78 is 5.66. The van der Waals surface area contributed by atoms with Gasteiger partial charge in [0, 0.05) is 5.02 Å². The average Bonchev–Trinajstić information content (AvgIpc) is 2.77. The molecule has 20 heavy (non-hydrogen) atoms. The number of aromatic amines is 1. The molecule has 0 radical (unpaired) electrons. The van der Waals surface area contributed by atoms with Crippen LogP contribution in [0.25, 0.3) is 0 Å². The van der Waals surface area contributed by atoms with E-state index >= 15 is 0 Å². The first-order valence-electron chi connectivity index (χ1n) is 6.02. The highest BCUT2D eigenvalue weighted by molar-refractivity contribution is 6.30. The smallest absolute Gasteiger partial charge is 0.270 e. The molecule has 0 aliphatic heterocycles. The lowest BCUT2D eigenvalue weighted by Crippen LogP contribution is -2.42. The molecule has 1 amide bonds. The lowest BCUT2D eigenvalue weighted by atomic mass is 10.1. The van der Waals surface area contributed by atoms with E-state index in [-0.39, 0.29) is 11.9 Å². The maximum atomic E-state index is 12.2. The van der Waals surface area contributed by atoms with E-state index < -0.39 is 5.60 Å². The van der Waals surface area contributed by atoms with Crippen LogP contribution in [0.2, 0.25) is 5.02 Å². The summed E-state index contributed by atoms with van der Waals surface area (Å²) >= 11 is 5.80. The average molecular weight is 295 g/mol. The van der Waals surface area contributed by atoms with Gasteiger partial charge in [-0.15, -0.1) is 5.10 Å². The fraction of sp³-hybridized carbons (Fsp3) is 0.308. The molecule has 7 heteroatoms. The highest BCUT2D eigenvalue weighted by atomic mass is 35.5. The number of carbonyl (C=O) groups excluding carboxylic acids is 1. The van der Waals surface area contributed by atoms with Crippen molar-refractivity contribution in [3.8, 4) is 5.75 Å². The van der Waals surface area contributed by atoms with Crippen LogP contribution in [0, 0.1) is 6.92 Å². The molecule has 1 heterocycles. The Balaban J connectivity index is 2.05. The minimum Gasteiger partial charge on any atom is -0.478 e. The molecule has 0 saturated heterocycles. The third-order valence-electron chi connectivity index (χ3n) is 2.56. The number of benzene rings is 1. The number of amides is 1. The predicted molar refractivity (Wildman–Crippen MR) is 75.9 cm³/mol. The number of aryl methyl sites for hydroxylation is 1. The molecule has 0 atom stereocenters. The minimum atomic E-state index is -1.07. The number of H-pyrrole nitrogens is 1.